The van der Waals surface area contributed by atoms with Gasteiger partial charge in [0.1, 0.15) is 23.0 Å². The minimum absolute atomic E-state index is 0. The molecule has 138 valence electrons. The predicted octanol–water partition coefficient (Wildman–Crippen LogP) is 3.88. The maximum absolute atomic E-state index is 12.7. The average Bonchev–Trinajstić information content (AvgIpc) is 2.95. The zero-order valence-electron chi connectivity index (χ0n) is 15.5. The van der Waals surface area contributed by atoms with E-state index in [-0.39, 0.29) is 33.4 Å². The van der Waals surface area contributed by atoms with Crippen molar-refractivity contribution in [2.75, 3.05) is 0 Å². The summed E-state index contributed by atoms with van der Waals surface area (Å²) in [4.78, 5) is 24.0. The monoisotopic (exact) mass is 576 g/mol. The molecule has 1 unspecified atom stereocenters. The van der Waals surface area contributed by atoms with E-state index < -0.39 is 17.5 Å². The molecule has 2 aliphatic heterocycles. The molecule has 29 heavy (non-hydrogen) atoms. The third-order valence-corrected chi connectivity index (χ3v) is 4.93. The van der Waals surface area contributed by atoms with Crippen molar-refractivity contribution in [3.63, 3.8) is 0 Å². The molecule has 1 atom stereocenters. The van der Waals surface area contributed by atoms with Gasteiger partial charge in [0.25, 0.3) is 0 Å². The van der Waals surface area contributed by atoms with Crippen LogP contribution in [0.15, 0.2) is 60.7 Å². The van der Waals surface area contributed by atoms with Crippen LogP contribution in [0.3, 0.4) is 0 Å². The Balaban J connectivity index is 0.00000205. The first kappa shape index (κ1) is 19.5. The maximum Gasteiger partial charge on any atom is 2.00 e. The topological polar surface area (TPSA) is 82.1 Å². The van der Waals surface area contributed by atoms with Gasteiger partial charge in [0.05, 0.1) is 5.56 Å². The van der Waals surface area contributed by atoms with Crippen molar-refractivity contribution in [1.29, 1.82) is 0 Å². The number of carbonyl (C=O) groups is 2. The zero-order valence-corrected chi connectivity index (χ0v) is 21.0. The van der Waals surface area contributed by atoms with Crippen LogP contribution in [-0.2, 0) is 42.8 Å². The summed E-state index contributed by atoms with van der Waals surface area (Å²) in [6.45, 7) is 1.31. The maximum atomic E-state index is 12.7. The fourth-order valence-corrected chi connectivity index (χ4v) is 3.87. The standard InChI is InChI=1S/C22H14O6.Hg/c1-12(23)26-14-7-9-18-20(11-14)27-19-10-13(24)6-8-17(19)22(18)16-5-3-2-4-15(16)21(25)28-22;/h2-11,24H,1H3;/q;+2. The summed E-state index contributed by atoms with van der Waals surface area (Å²) in [7, 11) is 0. The molecule has 2 heterocycles. The predicted molar refractivity (Wildman–Crippen MR) is 97.7 cm³/mol. The summed E-state index contributed by atoms with van der Waals surface area (Å²) in [6.07, 6.45) is 0. The molecule has 7 heteroatoms. The fraction of sp³-hybridized carbons (Fsp3) is 0.0909. The Morgan fingerprint density at radius 2 is 1.66 bits per heavy atom. The smallest absolute Gasteiger partial charge is 0.508 e. The Labute approximate surface area is 186 Å². The molecule has 0 radical (unpaired) electrons. The van der Waals surface area contributed by atoms with Crippen LogP contribution in [-0.4, -0.2) is 17.0 Å². The molecule has 0 bridgehead atoms. The molecule has 3 aromatic rings. The normalized spacial score (nSPS) is 17.9. The Kier molecular flexibility index (Phi) is 4.61. The van der Waals surface area contributed by atoms with Crippen LogP contribution < -0.4 is 9.47 Å². The molecule has 3 aromatic carbocycles. The number of aromatic hydroxyl groups is 1. The van der Waals surface area contributed by atoms with Crippen molar-refractivity contribution in [3.05, 3.63) is 82.9 Å². The molecule has 2 aliphatic rings. The molecule has 0 amide bonds. The van der Waals surface area contributed by atoms with Gasteiger partial charge in [0.15, 0.2) is 5.60 Å². The van der Waals surface area contributed by atoms with Crippen LogP contribution in [0.1, 0.15) is 34.0 Å². The van der Waals surface area contributed by atoms with Gasteiger partial charge < -0.3 is 19.3 Å². The van der Waals surface area contributed by atoms with Crippen molar-refractivity contribution in [3.8, 4) is 23.0 Å². The molecule has 0 aliphatic carbocycles. The SMILES string of the molecule is CC(=O)Oc1ccc2c(c1)Oc1cc(O)ccc1C21OC(=O)c2ccccc21.[Hg+2]. The number of benzene rings is 3. The molecule has 1 spiro atoms. The van der Waals surface area contributed by atoms with E-state index in [1.54, 1.807) is 36.4 Å². The van der Waals surface area contributed by atoms with Gasteiger partial charge in [0.2, 0.25) is 0 Å². The number of hydrogen-bond acceptors (Lipinski definition) is 6. The molecule has 0 aromatic heterocycles. The van der Waals surface area contributed by atoms with E-state index in [9.17, 15) is 14.7 Å². The second-order valence-electron chi connectivity index (χ2n) is 6.65. The van der Waals surface area contributed by atoms with Gasteiger partial charge in [-0.15, -0.1) is 0 Å². The Morgan fingerprint density at radius 1 is 0.966 bits per heavy atom. The number of ether oxygens (including phenoxy) is 3. The quantitative estimate of drug-likeness (QED) is 0.270. The average molecular weight is 575 g/mol. The van der Waals surface area contributed by atoms with Gasteiger partial charge in [0, 0.05) is 35.7 Å². The molecule has 6 nitrogen and oxygen atoms in total. The number of carbonyl (C=O) groups excluding carboxylic acids is 2. The van der Waals surface area contributed by atoms with Crippen molar-refractivity contribution in [2.45, 2.75) is 12.5 Å². The number of phenols is 1. The molecule has 0 fully saturated rings. The molecular formula is C22H14HgO6+2. The Hall–Kier alpha value is -2.86. The van der Waals surface area contributed by atoms with E-state index in [1.165, 1.54) is 19.1 Å². The van der Waals surface area contributed by atoms with Crippen LogP contribution in [0.25, 0.3) is 0 Å². The van der Waals surface area contributed by atoms with Crippen LogP contribution in [0.2, 0.25) is 0 Å². The second-order valence-corrected chi connectivity index (χ2v) is 6.65. The van der Waals surface area contributed by atoms with Crippen LogP contribution in [0.4, 0.5) is 0 Å². The number of fused-ring (bicyclic) bond motifs is 6. The minimum atomic E-state index is -1.21. The first-order valence-electron chi connectivity index (χ1n) is 8.66. The van der Waals surface area contributed by atoms with Crippen LogP contribution in [0.5, 0.6) is 23.0 Å². The van der Waals surface area contributed by atoms with Gasteiger partial charge in [-0.1, -0.05) is 18.2 Å². The Bertz CT molecular complexity index is 1170. The van der Waals surface area contributed by atoms with Gasteiger partial charge in [-0.05, 0) is 30.3 Å². The molecule has 0 saturated carbocycles. The number of phenolic OH excluding ortho intramolecular Hbond substituents is 1. The molecule has 5 rings (SSSR count). The fourth-order valence-electron chi connectivity index (χ4n) is 3.87. The van der Waals surface area contributed by atoms with Gasteiger partial charge in [-0.25, -0.2) is 4.79 Å². The van der Waals surface area contributed by atoms with E-state index in [2.05, 4.69) is 0 Å². The summed E-state index contributed by atoms with van der Waals surface area (Å²) in [5.74, 6) is 0.166. The zero-order chi connectivity index (χ0) is 19.5. The van der Waals surface area contributed by atoms with E-state index in [0.717, 1.165) is 0 Å². The third-order valence-electron chi connectivity index (χ3n) is 4.93. The number of esters is 2. The first-order valence-corrected chi connectivity index (χ1v) is 8.66. The van der Waals surface area contributed by atoms with Crippen molar-refractivity contribution < 1.29 is 56.6 Å². The number of hydrogen-bond donors (Lipinski definition) is 1. The largest absolute Gasteiger partial charge is 2.00 e. The second kappa shape index (κ2) is 6.88. The van der Waals surface area contributed by atoms with Crippen molar-refractivity contribution >= 4 is 11.9 Å². The summed E-state index contributed by atoms with van der Waals surface area (Å²) in [5, 5.41) is 9.93. The van der Waals surface area contributed by atoms with Gasteiger partial charge in [-0.2, -0.15) is 0 Å². The van der Waals surface area contributed by atoms with Gasteiger partial charge >= 0.3 is 39.6 Å². The Morgan fingerprint density at radius 3 is 2.41 bits per heavy atom. The van der Waals surface area contributed by atoms with E-state index in [0.29, 0.717) is 39.5 Å². The summed E-state index contributed by atoms with van der Waals surface area (Å²) in [6, 6.07) is 16.8. The molecule has 1 N–H and O–H groups in total. The summed E-state index contributed by atoms with van der Waals surface area (Å²) in [5.41, 5.74) is 1.17. The van der Waals surface area contributed by atoms with E-state index in [4.69, 9.17) is 14.2 Å². The van der Waals surface area contributed by atoms with E-state index in [1.807, 2.05) is 12.1 Å². The van der Waals surface area contributed by atoms with Crippen LogP contribution in [0, 0.1) is 0 Å². The number of rotatable bonds is 1. The van der Waals surface area contributed by atoms with Crippen LogP contribution >= 0.6 is 0 Å². The van der Waals surface area contributed by atoms with E-state index >= 15 is 0 Å². The van der Waals surface area contributed by atoms with Crippen molar-refractivity contribution in [2.24, 2.45) is 0 Å². The molecular weight excluding hydrogens is 561 g/mol. The first-order chi connectivity index (χ1) is 13.5. The summed E-state index contributed by atoms with van der Waals surface area (Å²) >= 11 is 0. The summed E-state index contributed by atoms with van der Waals surface area (Å²) < 4.78 is 17.1. The third kappa shape index (κ3) is 2.81. The van der Waals surface area contributed by atoms with Crippen molar-refractivity contribution in [1.82, 2.24) is 0 Å². The minimum Gasteiger partial charge on any atom is -0.508 e. The molecule has 0 saturated heterocycles. The van der Waals surface area contributed by atoms with Gasteiger partial charge in [-0.3, -0.25) is 4.79 Å².